The Kier molecular flexibility index (Phi) is 10.6. The maximum absolute atomic E-state index is 6.38. The molecule has 0 fully saturated rings. The van der Waals surface area contributed by atoms with E-state index in [1.807, 2.05) is 0 Å². The molecule has 0 aromatic heterocycles. The van der Waals surface area contributed by atoms with E-state index in [4.69, 9.17) is 11.6 Å². The molecule has 0 aliphatic heterocycles. The topological polar surface area (TPSA) is 3.24 Å². The van der Waals surface area contributed by atoms with E-state index in [1.165, 1.54) is 24.8 Å². The predicted octanol–water partition coefficient (Wildman–Crippen LogP) is 6.13. The summed E-state index contributed by atoms with van der Waals surface area (Å²) in [5.41, 5.74) is 2.38. The van der Waals surface area contributed by atoms with E-state index in [-0.39, 0.29) is 0 Å². The molecule has 1 nitrogen and oxygen atoms in total. The van der Waals surface area contributed by atoms with E-state index in [2.05, 4.69) is 52.2 Å². The first-order valence-electron chi connectivity index (χ1n) is 7.92. The molecule has 0 heterocycles. The zero-order valence-corrected chi connectivity index (χ0v) is 14.8. The van der Waals surface area contributed by atoms with Gasteiger partial charge < -0.3 is 4.90 Å². The number of rotatable bonds is 10. The normalized spacial score (nSPS) is 14.8. The molecule has 0 amide bonds. The highest BCUT2D eigenvalue weighted by molar-refractivity contribution is 6.31. The Balaban J connectivity index is 4.96. The Morgan fingerprint density at radius 1 is 1.30 bits per heavy atom. The van der Waals surface area contributed by atoms with E-state index in [0.717, 1.165) is 36.2 Å². The summed E-state index contributed by atoms with van der Waals surface area (Å²) in [6.07, 6.45) is 8.77. The summed E-state index contributed by atoms with van der Waals surface area (Å²) in [4.78, 5) is 2.42. The highest BCUT2D eigenvalue weighted by Gasteiger charge is 2.14. The second-order valence-electron chi connectivity index (χ2n) is 5.52. The zero-order chi connectivity index (χ0) is 15.5. The van der Waals surface area contributed by atoms with Gasteiger partial charge in [-0.2, -0.15) is 0 Å². The average molecular weight is 298 g/mol. The van der Waals surface area contributed by atoms with Crippen LogP contribution in [0.5, 0.6) is 0 Å². The Labute approximate surface area is 131 Å². The van der Waals surface area contributed by atoms with Crippen LogP contribution >= 0.6 is 11.6 Å². The predicted molar refractivity (Wildman–Crippen MR) is 93.1 cm³/mol. The zero-order valence-electron chi connectivity index (χ0n) is 14.0. The first-order valence-corrected chi connectivity index (χ1v) is 8.29. The summed E-state index contributed by atoms with van der Waals surface area (Å²) >= 11 is 6.38. The molecule has 2 heteroatoms. The molecule has 0 saturated heterocycles. The van der Waals surface area contributed by atoms with E-state index in [1.54, 1.807) is 6.08 Å². The third-order valence-corrected chi connectivity index (χ3v) is 4.18. The third-order valence-electron chi connectivity index (χ3n) is 3.84. The molecule has 0 aliphatic carbocycles. The van der Waals surface area contributed by atoms with E-state index in [0.29, 0.717) is 0 Å². The molecule has 0 radical (unpaired) electrons. The van der Waals surface area contributed by atoms with Crippen LogP contribution in [0.2, 0.25) is 0 Å². The number of hydrogen-bond donors (Lipinski definition) is 0. The Hall–Kier alpha value is -0.690. The fourth-order valence-corrected chi connectivity index (χ4v) is 2.53. The lowest BCUT2D eigenvalue weighted by molar-refractivity contribution is 0.326. The maximum atomic E-state index is 6.38. The van der Waals surface area contributed by atoms with Gasteiger partial charge in [-0.1, -0.05) is 51.4 Å². The van der Waals surface area contributed by atoms with Gasteiger partial charge in [-0.05, 0) is 50.7 Å². The molecular weight excluding hydrogens is 266 g/mol. The van der Waals surface area contributed by atoms with Crippen LogP contribution in [0.1, 0.15) is 60.3 Å². The number of halogens is 1. The minimum atomic E-state index is 0.762. The average Bonchev–Trinajstić information content (AvgIpc) is 2.46. The standard InChI is InChI=1S/C18H32ClN/c1-7-13-20(14-11-12-15(5)8-2)18(16(6)9-3)17(19)10-4/h9-10,15H,4,7-8,11-14H2,1-3,5-6H3/b16-9-,18-17-. The molecule has 0 aliphatic rings. The monoisotopic (exact) mass is 297 g/mol. The maximum Gasteiger partial charge on any atom is 0.0636 e. The van der Waals surface area contributed by atoms with Crippen molar-refractivity contribution < 1.29 is 0 Å². The van der Waals surface area contributed by atoms with Gasteiger partial charge in [-0.15, -0.1) is 0 Å². The van der Waals surface area contributed by atoms with Crippen molar-refractivity contribution in [2.75, 3.05) is 13.1 Å². The molecular formula is C18H32ClN. The minimum absolute atomic E-state index is 0.762. The number of allylic oxidation sites excluding steroid dienone is 4. The molecule has 0 saturated carbocycles. The van der Waals surface area contributed by atoms with Gasteiger partial charge in [0.2, 0.25) is 0 Å². The second kappa shape index (κ2) is 11.0. The first kappa shape index (κ1) is 19.3. The third kappa shape index (κ3) is 6.65. The molecule has 1 atom stereocenters. The smallest absolute Gasteiger partial charge is 0.0636 e. The number of nitrogens with zero attached hydrogens (tertiary/aromatic N) is 1. The van der Waals surface area contributed by atoms with Crippen molar-refractivity contribution in [3.63, 3.8) is 0 Å². The second-order valence-corrected chi connectivity index (χ2v) is 5.92. The van der Waals surface area contributed by atoms with E-state index < -0.39 is 0 Å². The number of hydrogen-bond acceptors (Lipinski definition) is 1. The van der Waals surface area contributed by atoms with Crippen molar-refractivity contribution in [1.29, 1.82) is 0 Å². The van der Waals surface area contributed by atoms with Crippen LogP contribution in [0.25, 0.3) is 0 Å². The Morgan fingerprint density at radius 2 is 1.95 bits per heavy atom. The van der Waals surface area contributed by atoms with Crippen molar-refractivity contribution in [2.24, 2.45) is 5.92 Å². The van der Waals surface area contributed by atoms with Gasteiger partial charge in [-0.25, -0.2) is 0 Å². The largest absolute Gasteiger partial charge is 0.370 e. The molecule has 20 heavy (non-hydrogen) atoms. The summed E-state index contributed by atoms with van der Waals surface area (Å²) in [5.74, 6) is 0.809. The van der Waals surface area contributed by atoms with Crippen LogP contribution in [0, 0.1) is 5.92 Å². The van der Waals surface area contributed by atoms with E-state index >= 15 is 0 Å². The molecule has 116 valence electrons. The van der Waals surface area contributed by atoms with Gasteiger partial charge in [0, 0.05) is 13.1 Å². The molecule has 0 bridgehead atoms. The quantitative estimate of drug-likeness (QED) is 0.439. The summed E-state index contributed by atoms with van der Waals surface area (Å²) in [7, 11) is 0. The molecule has 0 aromatic rings. The van der Waals surface area contributed by atoms with Gasteiger partial charge in [0.1, 0.15) is 0 Å². The van der Waals surface area contributed by atoms with Crippen LogP contribution in [0.15, 0.2) is 35.0 Å². The van der Waals surface area contributed by atoms with Gasteiger partial charge in [0.15, 0.2) is 0 Å². The fraction of sp³-hybridized carbons (Fsp3) is 0.667. The van der Waals surface area contributed by atoms with Gasteiger partial charge in [0.05, 0.1) is 10.7 Å². The van der Waals surface area contributed by atoms with Crippen LogP contribution < -0.4 is 0 Å². The highest BCUT2D eigenvalue weighted by atomic mass is 35.5. The molecule has 0 spiro atoms. The summed E-state index contributed by atoms with van der Waals surface area (Å²) in [5, 5.41) is 0.762. The van der Waals surface area contributed by atoms with Gasteiger partial charge >= 0.3 is 0 Å². The summed E-state index contributed by atoms with van der Waals surface area (Å²) in [6, 6.07) is 0. The summed E-state index contributed by atoms with van der Waals surface area (Å²) in [6.45, 7) is 16.9. The fourth-order valence-electron chi connectivity index (χ4n) is 2.26. The highest BCUT2D eigenvalue weighted by Crippen LogP contribution is 2.24. The van der Waals surface area contributed by atoms with Crippen molar-refractivity contribution >= 4 is 11.6 Å². The lowest BCUT2D eigenvalue weighted by atomic mass is 10.0. The van der Waals surface area contributed by atoms with Crippen LogP contribution in [-0.2, 0) is 0 Å². The van der Waals surface area contributed by atoms with Crippen molar-refractivity contribution in [1.82, 2.24) is 4.90 Å². The molecule has 0 N–H and O–H groups in total. The van der Waals surface area contributed by atoms with Crippen LogP contribution in [-0.4, -0.2) is 18.0 Å². The van der Waals surface area contributed by atoms with Gasteiger partial charge in [-0.3, -0.25) is 0 Å². The van der Waals surface area contributed by atoms with Crippen molar-refractivity contribution in [2.45, 2.75) is 60.3 Å². The lowest BCUT2D eigenvalue weighted by Crippen LogP contribution is -2.27. The van der Waals surface area contributed by atoms with E-state index in [9.17, 15) is 0 Å². The summed E-state index contributed by atoms with van der Waals surface area (Å²) < 4.78 is 0. The molecule has 1 unspecified atom stereocenters. The van der Waals surface area contributed by atoms with Crippen molar-refractivity contribution in [3.8, 4) is 0 Å². The van der Waals surface area contributed by atoms with Crippen LogP contribution in [0.3, 0.4) is 0 Å². The SMILES string of the molecule is C=C/C(Cl)=C(\C(C)=C/C)N(CCC)CCCC(C)CC. The Morgan fingerprint density at radius 3 is 2.40 bits per heavy atom. The van der Waals surface area contributed by atoms with Gasteiger partial charge in [0.25, 0.3) is 0 Å². The molecule has 0 rings (SSSR count). The van der Waals surface area contributed by atoms with Crippen LogP contribution in [0.4, 0.5) is 0 Å². The molecule has 0 aromatic carbocycles. The lowest BCUT2D eigenvalue weighted by Gasteiger charge is -2.29. The Bertz CT molecular complexity index is 341. The first-order chi connectivity index (χ1) is 9.51. The minimum Gasteiger partial charge on any atom is -0.370 e. The van der Waals surface area contributed by atoms with Crippen molar-refractivity contribution in [3.05, 3.63) is 35.0 Å².